The van der Waals surface area contributed by atoms with Crippen molar-refractivity contribution in [1.82, 2.24) is 0 Å². The molecule has 1 heteroatoms. The summed E-state index contributed by atoms with van der Waals surface area (Å²) < 4.78 is 0. The molecule has 1 aromatic rings. The molecule has 2 aliphatic rings. The fourth-order valence-electron chi connectivity index (χ4n) is 2.10. The molecule has 0 aromatic heterocycles. The number of Topliss-reactive ketones (excluding diaryl/α,β-unsaturated/α-hetero) is 1. The van der Waals surface area contributed by atoms with Crippen LogP contribution >= 0.6 is 0 Å². The molecule has 0 fully saturated rings. The zero-order valence-electron chi connectivity index (χ0n) is 7.03. The third-order valence-electron chi connectivity index (χ3n) is 2.72. The van der Waals surface area contributed by atoms with Crippen LogP contribution in [0, 0.1) is 0 Å². The topological polar surface area (TPSA) is 17.1 Å². The van der Waals surface area contributed by atoms with E-state index in [0.717, 1.165) is 16.7 Å². The lowest BCUT2D eigenvalue weighted by Gasteiger charge is -2.01. The van der Waals surface area contributed by atoms with Gasteiger partial charge in [0.1, 0.15) is 0 Å². The van der Waals surface area contributed by atoms with E-state index in [-0.39, 0.29) is 11.7 Å². The Morgan fingerprint density at radius 3 is 2.92 bits per heavy atom. The summed E-state index contributed by atoms with van der Waals surface area (Å²) in [4.78, 5) is 11.8. The van der Waals surface area contributed by atoms with E-state index in [1.165, 1.54) is 0 Å². The van der Waals surface area contributed by atoms with Crippen molar-refractivity contribution in [2.24, 2.45) is 0 Å². The van der Waals surface area contributed by atoms with E-state index in [1.807, 2.05) is 36.4 Å². The largest absolute Gasteiger partial charge is 0.289 e. The Morgan fingerprint density at radius 1 is 1.15 bits per heavy atom. The number of carbonyl (C=O) groups excluding carboxylic acids is 1. The van der Waals surface area contributed by atoms with Crippen LogP contribution in [0.15, 0.2) is 48.1 Å². The summed E-state index contributed by atoms with van der Waals surface area (Å²) in [5.74, 6) is 0.439. The van der Waals surface area contributed by atoms with Crippen LogP contribution in [0.5, 0.6) is 0 Å². The first-order valence-electron chi connectivity index (χ1n) is 4.40. The molecule has 0 heterocycles. The molecular formula is C12H8O. The van der Waals surface area contributed by atoms with Gasteiger partial charge in [0.25, 0.3) is 0 Å². The minimum atomic E-state index is 0.200. The van der Waals surface area contributed by atoms with Crippen molar-refractivity contribution in [3.63, 3.8) is 0 Å². The molecule has 1 atom stereocenters. The SMILES string of the molecule is O=C1C2=CC=CC2c2ccccc21. The van der Waals surface area contributed by atoms with E-state index in [2.05, 4.69) is 6.08 Å². The Hall–Kier alpha value is -1.63. The molecule has 0 amide bonds. The quantitative estimate of drug-likeness (QED) is 0.581. The zero-order chi connectivity index (χ0) is 8.84. The maximum atomic E-state index is 11.8. The van der Waals surface area contributed by atoms with Crippen LogP contribution in [0.4, 0.5) is 0 Å². The number of hydrogen-bond donors (Lipinski definition) is 0. The van der Waals surface area contributed by atoms with E-state index in [0.29, 0.717) is 0 Å². The second-order valence-electron chi connectivity index (χ2n) is 3.40. The molecule has 0 N–H and O–H groups in total. The molecule has 1 aromatic carbocycles. The Bertz CT molecular complexity index is 452. The van der Waals surface area contributed by atoms with Crippen molar-refractivity contribution < 1.29 is 4.79 Å². The minimum Gasteiger partial charge on any atom is -0.289 e. The van der Waals surface area contributed by atoms with Crippen molar-refractivity contribution in [1.29, 1.82) is 0 Å². The van der Waals surface area contributed by atoms with Gasteiger partial charge in [0.2, 0.25) is 0 Å². The van der Waals surface area contributed by atoms with Gasteiger partial charge in [0.15, 0.2) is 5.78 Å². The highest BCUT2D eigenvalue weighted by Gasteiger charge is 2.33. The number of benzene rings is 1. The van der Waals surface area contributed by atoms with Gasteiger partial charge >= 0.3 is 0 Å². The molecule has 0 bridgehead atoms. The zero-order valence-corrected chi connectivity index (χ0v) is 7.03. The summed E-state index contributed by atoms with van der Waals surface area (Å²) in [7, 11) is 0. The molecule has 1 unspecified atom stereocenters. The van der Waals surface area contributed by atoms with Crippen LogP contribution in [0.2, 0.25) is 0 Å². The van der Waals surface area contributed by atoms with E-state index in [9.17, 15) is 4.79 Å². The van der Waals surface area contributed by atoms with Crippen LogP contribution in [0.3, 0.4) is 0 Å². The highest BCUT2D eigenvalue weighted by Crippen LogP contribution is 2.40. The molecule has 0 aliphatic heterocycles. The summed E-state index contributed by atoms with van der Waals surface area (Å²) in [5, 5.41) is 0. The Morgan fingerprint density at radius 2 is 2.00 bits per heavy atom. The van der Waals surface area contributed by atoms with Crippen molar-refractivity contribution >= 4 is 5.78 Å². The molecule has 1 nitrogen and oxygen atoms in total. The number of hydrogen-bond acceptors (Lipinski definition) is 1. The van der Waals surface area contributed by atoms with Gasteiger partial charge in [-0.1, -0.05) is 42.5 Å². The maximum absolute atomic E-state index is 11.8. The number of ketones is 1. The molecule has 13 heavy (non-hydrogen) atoms. The predicted molar refractivity (Wildman–Crippen MR) is 50.7 cm³/mol. The van der Waals surface area contributed by atoms with E-state index in [1.54, 1.807) is 0 Å². The molecule has 62 valence electrons. The fourth-order valence-corrected chi connectivity index (χ4v) is 2.10. The second-order valence-corrected chi connectivity index (χ2v) is 3.40. The van der Waals surface area contributed by atoms with Gasteiger partial charge in [-0.15, -0.1) is 0 Å². The fraction of sp³-hybridized carbons (Fsp3) is 0.0833. The summed E-state index contributed by atoms with van der Waals surface area (Å²) in [6.45, 7) is 0. The monoisotopic (exact) mass is 168 g/mol. The van der Waals surface area contributed by atoms with E-state index >= 15 is 0 Å². The first-order valence-corrected chi connectivity index (χ1v) is 4.40. The average Bonchev–Trinajstić information content (AvgIpc) is 2.72. The predicted octanol–water partition coefficient (Wildman–Crippen LogP) is 2.46. The van der Waals surface area contributed by atoms with Crippen molar-refractivity contribution in [3.05, 3.63) is 59.2 Å². The molecule has 0 saturated heterocycles. The first kappa shape index (κ1) is 6.84. The van der Waals surface area contributed by atoms with Crippen molar-refractivity contribution in [2.45, 2.75) is 5.92 Å². The molecule has 0 radical (unpaired) electrons. The Balaban J connectivity index is 2.31. The maximum Gasteiger partial charge on any atom is 0.190 e. The minimum absolute atomic E-state index is 0.200. The normalized spacial score (nSPS) is 22.9. The van der Waals surface area contributed by atoms with Crippen LogP contribution in [-0.2, 0) is 0 Å². The molecule has 0 spiro atoms. The molecular weight excluding hydrogens is 160 g/mol. The van der Waals surface area contributed by atoms with Crippen LogP contribution in [0.1, 0.15) is 21.8 Å². The van der Waals surface area contributed by atoms with Crippen LogP contribution in [-0.4, -0.2) is 5.78 Å². The van der Waals surface area contributed by atoms with E-state index < -0.39 is 0 Å². The van der Waals surface area contributed by atoms with Crippen molar-refractivity contribution in [2.75, 3.05) is 0 Å². The standard InChI is InChI=1S/C12H8O/c13-12-10-5-2-1-4-8(10)9-6-3-7-11(9)12/h1-7,9H. The van der Waals surface area contributed by atoms with Crippen molar-refractivity contribution in [3.8, 4) is 0 Å². The first-order chi connectivity index (χ1) is 6.38. The number of carbonyl (C=O) groups is 1. The second kappa shape index (κ2) is 2.19. The van der Waals surface area contributed by atoms with Gasteiger partial charge in [-0.3, -0.25) is 4.79 Å². The lowest BCUT2D eigenvalue weighted by molar-refractivity contribution is 0.103. The lowest BCUT2D eigenvalue weighted by Crippen LogP contribution is -1.94. The van der Waals surface area contributed by atoms with E-state index in [4.69, 9.17) is 0 Å². The molecule has 0 saturated carbocycles. The summed E-state index contributed by atoms with van der Waals surface area (Å²) in [6.07, 6.45) is 5.97. The molecule has 2 aliphatic carbocycles. The number of rotatable bonds is 0. The lowest BCUT2D eigenvalue weighted by atomic mass is 10.0. The number of allylic oxidation sites excluding steroid dienone is 4. The summed E-state index contributed by atoms with van der Waals surface area (Å²) in [5.41, 5.74) is 2.97. The summed E-state index contributed by atoms with van der Waals surface area (Å²) in [6, 6.07) is 7.85. The third kappa shape index (κ3) is 0.738. The Labute approximate surface area is 76.4 Å². The van der Waals surface area contributed by atoms with Crippen LogP contribution < -0.4 is 0 Å². The highest BCUT2D eigenvalue weighted by molar-refractivity contribution is 6.15. The number of fused-ring (bicyclic) bond motifs is 3. The Kier molecular flexibility index (Phi) is 1.15. The van der Waals surface area contributed by atoms with Gasteiger partial charge in [0, 0.05) is 17.1 Å². The third-order valence-corrected chi connectivity index (χ3v) is 2.72. The average molecular weight is 168 g/mol. The smallest absolute Gasteiger partial charge is 0.190 e. The van der Waals surface area contributed by atoms with Gasteiger partial charge in [0.05, 0.1) is 0 Å². The highest BCUT2D eigenvalue weighted by atomic mass is 16.1. The van der Waals surface area contributed by atoms with Gasteiger partial charge < -0.3 is 0 Å². The summed E-state index contributed by atoms with van der Waals surface area (Å²) >= 11 is 0. The van der Waals surface area contributed by atoms with Gasteiger partial charge in [-0.05, 0) is 5.56 Å². The van der Waals surface area contributed by atoms with Gasteiger partial charge in [-0.2, -0.15) is 0 Å². The van der Waals surface area contributed by atoms with Gasteiger partial charge in [-0.25, -0.2) is 0 Å². The van der Waals surface area contributed by atoms with Crippen LogP contribution in [0.25, 0.3) is 0 Å². The molecule has 3 rings (SSSR count).